The molecule has 0 amide bonds. The molecule has 2 atom stereocenters. The Morgan fingerprint density at radius 2 is 1.94 bits per heavy atom. The van der Waals surface area contributed by atoms with Gasteiger partial charge in [-0.1, -0.05) is 17.3 Å². The smallest absolute Gasteiger partial charge is 0.225 e. The lowest BCUT2D eigenvalue weighted by molar-refractivity contribution is 0.182. The van der Waals surface area contributed by atoms with Gasteiger partial charge in [-0.2, -0.15) is 14.8 Å². The number of anilines is 1. The fourth-order valence-electron chi connectivity index (χ4n) is 3.78. The molecule has 0 aliphatic heterocycles. The van der Waals surface area contributed by atoms with Gasteiger partial charge in [0.15, 0.2) is 11.2 Å². The normalized spacial score (nSPS) is 18.3. The second-order valence-corrected chi connectivity index (χ2v) is 7.47. The van der Waals surface area contributed by atoms with Crippen LogP contribution in [0.25, 0.3) is 28.0 Å². The molecule has 3 heterocycles. The standard InChI is InChI=1S/C20H22N8O2.ClH/c29-8-7-27-12-14(10-22-27)13-1-4-16(5-2-13)28-19-18(25-26-28)11-21-20(24-19)23-15-3-6-17(30)9-15;/h1-2,4-5,10-12,15,17,29-30H,3,6-9H2,(H,21,23,24);1H/t15-,17-;/m0./s1. The first-order valence-corrected chi connectivity index (χ1v) is 9.97. The number of aromatic nitrogens is 7. The van der Waals surface area contributed by atoms with Gasteiger partial charge >= 0.3 is 0 Å². The Labute approximate surface area is 184 Å². The number of fused-ring (bicyclic) bond motifs is 1. The molecular weight excluding hydrogens is 420 g/mol. The Balaban J connectivity index is 0.00000231. The van der Waals surface area contributed by atoms with E-state index in [0.717, 1.165) is 29.7 Å². The fraction of sp³-hybridized carbons (Fsp3) is 0.350. The minimum atomic E-state index is -0.257. The monoisotopic (exact) mass is 442 g/mol. The number of benzene rings is 1. The van der Waals surface area contributed by atoms with E-state index < -0.39 is 0 Å². The van der Waals surface area contributed by atoms with Crippen molar-refractivity contribution in [3.05, 3.63) is 42.9 Å². The Morgan fingerprint density at radius 1 is 1.10 bits per heavy atom. The van der Waals surface area contributed by atoms with Gasteiger partial charge in [-0.15, -0.1) is 17.5 Å². The third-order valence-electron chi connectivity index (χ3n) is 5.34. The van der Waals surface area contributed by atoms with Gasteiger partial charge in [0, 0.05) is 17.8 Å². The number of halogens is 1. The summed E-state index contributed by atoms with van der Waals surface area (Å²) in [5.41, 5.74) is 4.07. The van der Waals surface area contributed by atoms with E-state index in [0.29, 0.717) is 30.1 Å². The summed E-state index contributed by atoms with van der Waals surface area (Å²) < 4.78 is 3.40. The van der Waals surface area contributed by atoms with Gasteiger partial charge in [0.05, 0.1) is 37.3 Å². The molecule has 1 aromatic carbocycles. The minimum absolute atomic E-state index is 0. The third kappa shape index (κ3) is 4.36. The van der Waals surface area contributed by atoms with E-state index in [1.165, 1.54) is 0 Å². The number of hydrogen-bond donors (Lipinski definition) is 3. The van der Waals surface area contributed by atoms with Crippen LogP contribution >= 0.6 is 12.4 Å². The van der Waals surface area contributed by atoms with E-state index in [2.05, 4.69) is 30.7 Å². The van der Waals surface area contributed by atoms with Crippen LogP contribution in [0.15, 0.2) is 42.9 Å². The maximum Gasteiger partial charge on any atom is 0.225 e. The van der Waals surface area contributed by atoms with Crippen LogP contribution in [0.5, 0.6) is 0 Å². The molecule has 11 heteroatoms. The lowest BCUT2D eigenvalue weighted by atomic mass is 10.1. The Morgan fingerprint density at radius 3 is 2.68 bits per heavy atom. The fourth-order valence-corrected chi connectivity index (χ4v) is 3.78. The van der Waals surface area contributed by atoms with Crippen LogP contribution in [0.2, 0.25) is 0 Å². The van der Waals surface area contributed by atoms with Crippen molar-refractivity contribution in [1.29, 1.82) is 0 Å². The van der Waals surface area contributed by atoms with Gasteiger partial charge in [-0.05, 0) is 37.0 Å². The first kappa shape index (κ1) is 21.2. The van der Waals surface area contributed by atoms with E-state index in [4.69, 9.17) is 5.11 Å². The van der Waals surface area contributed by atoms with E-state index in [9.17, 15) is 5.11 Å². The average Bonchev–Trinajstić information content (AvgIpc) is 3.49. The van der Waals surface area contributed by atoms with Crippen molar-refractivity contribution in [1.82, 2.24) is 34.7 Å². The molecule has 3 N–H and O–H groups in total. The van der Waals surface area contributed by atoms with Gasteiger partial charge in [0.1, 0.15) is 0 Å². The molecule has 0 bridgehead atoms. The highest BCUT2D eigenvalue weighted by molar-refractivity contribution is 5.85. The molecule has 0 radical (unpaired) electrons. The van der Waals surface area contributed by atoms with Gasteiger partial charge in [0.25, 0.3) is 0 Å². The van der Waals surface area contributed by atoms with Crippen molar-refractivity contribution in [3.63, 3.8) is 0 Å². The average molecular weight is 443 g/mol. The Kier molecular flexibility index (Phi) is 6.12. The molecule has 1 saturated carbocycles. The highest BCUT2D eigenvalue weighted by Crippen LogP contribution is 2.24. The number of aliphatic hydroxyl groups excluding tert-OH is 2. The summed E-state index contributed by atoms with van der Waals surface area (Å²) in [5, 5.41) is 34.7. The summed E-state index contributed by atoms with van der Waals surface area (Å²) in [6, 6.07) is 8.06. The molecule has 5 rings (SSSR count). The molecule has 31 heavy (non-hydrogen) atoms. The van der Waals surface area contributed by atoms with E-state index in [1.807, 2.05) is 30.5 Å². The lowest BCUT2D eigenvalue weighted by Gasteiger charge is -2.11. The summed E-state index contributed by atoms with van der Waals surface area (Å²) in [6.07, 6.45) is 7.48. The molecule has 10 nitrogen and oxygen atoms in total. The first-order chi connectivity index (χ1) is 14.7. The van der Waals surface area contributed by atoms with Crippen LogP contribution < -0.4 is 5.32 Å². The van der Waals surface area contributed by atoms with Gasteiger partial charge in [-0.3, -0.25) is 4.68 Å². The molecular formula is C20H23ClN8O2. The molecule has 0 spiro atoms. The molecule has 3 aromatic heterocycles. The third-order valence-corrected chi connectivity index (χ3v) is 5.34. The number of aliphatic hydroxyl groups is 2. The first-order valence-electron chi connectivity index (χ1n) is 9.97. The predicted molar refractivity (Wildman–Crippen MR) is 117 cm³/mol. The van der Waals surface area contributed by atoms with Crippen molar-refractivity contribution in [3.8, 4) is 16.8 Å². The number of nitrogens with one attached hydrogen (secondary N) is 1. The van der Waals surface area contributed by atoms with E-state index in [-0.39, 0.29) is 31.2 Å². The van der Waals surface area contributed by atoms with Crippen molar-refractivity contribution >= 4 is 29.5 Å². The molecule has 1 aliphatic carbocycles. The van der Waals surface area contributed by atoms with E-state index >= 15 is 0 Å². The number of hydrogen-bond acceptors (Lipinski definition) is 8. The van der Waals surface area contributed by atoms with Gasteiger partial charge in [-0.25, -0.2) is 4.98 Å². The van der Waals surface area contributed by atoms with Crippen LogP contribution in [-0.4, -0.2) is 63.7 Å². The predicted octanol–water partition coefficient (Wildman–Crippen LogP) is 1.81. The van der Waals surface area contributed by atoms with Crippen LogP contribution in [0.1, 0.15) is 19.3 Å². The molecule has 0 saturated heterocycles. The number of rotatable bonds is 6. The van der Waals surface area contributed by atoms with Crippen molar-refractivity contribution < 1.29 is 10.2 Å². The largest absolute Gasteiger partial charge is 0.394 e. The lowest BCUT2D eigenvalue weighted by Crippen LogP contribution is -2.18. The highest BCUT2D eigenvalue weighted by atomic mass is 35.5. The minimum Gasteiger partial charge on any atom is -0.394 e. The molecule has 1 aliphatic rings. The van der Waals surface area contributed by atoms with Crippen LogP contribution in [0.3, 0.4) is 0 Å². The van der Waals surface area contributed by atoms with E-state index in [1.54, 1.807) is 21.8 Å². The zero-order valence-corrected chi connectivity index (χ0v) is 17.5. The summed E-state index contributed by atoms with van der Waals surface area (Å²) in [7, 11) is 0. The van der Waals surface area contributed by atoms with Crippen molar-refractivity contribution in [2.24, 2.45) is 0 Å². The quantitative estimate of drug-likeness (QED) is 0.412. The number of nitrogens with zero attached hydrogens (tertiary/aromatic N) is 7. The van der Waals surface area contributed by atoms with Gasteiger partial charge < -0.3 is 15.5 Å². The van der Waals surface area contributed by atoms with Crippen LogP contribution in [0, 0.1) is 0 Å². The van der Waals surface area contributed by atoms with Crippen LogP contribution in [-0.2, 0) is 6.54 Å². The SMILES string of the molecule is Cl.OCCn1cc(-c2ccc(-n3nnc4cnc(N[C@H]5CC[C@H](O)C5)nc43)cc2)cn1. The highest BCUT2D eigenvalue weighted by Gasteiger charge is 2.23. The van der Waals surface area contributed by atoms with Gasteiger partial charge in [0.2, 0.25) is 5.95 Å². The van der Waals surface area contributed by atoms with Crippen molar-refractivity contribution in [2.45, 2.75) is 38.0 Å². The maximum atomic E-state index is 9.72. The summed E-state index contributed by atoms with van der Waals surface area (Å²) >= 11 is 0. The van der Waals surface area contributed by atoms with Crippen molar-refractivity contribution in [2.75, 3.05) is 11.9 Å². The topological polar surface area (TPSA) is 127 Å². The zero-order chi connectivity index (χ0) is 20.5. The van der Waals surface area contributed by atoms with Crippen LogP contribution in [0.4, 0.5) is 5.95 Å². The summed E-state index contributed by atoms with van der Waals surface area (Å²) in [5.74, 6) is 0.512. The Bertz CT molecular complexity index is 1160. The second-order valence-electron chi connectivity index (χ2n) is 7.47. The second kappa shape index (κ2) is 8.96. The molecule has 1 fully saturated rings. The molecule has 162 valence electrons. The molecule has 0 unspecified atom stereocenters. The zero-order valence-electron chi connectivity index (χ0n) is 16.7. The maximum absolute atomic E-state index is 9.72. The Hall–Kier alpha value is -3.08. The molecule has 4 aromatic rings. The summed E-state index contributed by atoms with van der Waals surface area (Å²) in [6.45, 7) is 0.526. The summed E-state index contributed by atoms with van der Waals surface area (Å²) in [4.78, 5) is 8.93.